The van der Waals surface area contributed by atoms with Crippen molar-refractivity contribution in [3.05, 3.63) is 53.9 Å². The highest BCUT2D eigenvalue weighted by atomic mass is 32.2. The summed E-state index contributed by atoms with van der Waals surface area (Å²) in [4.78, 5) is 11.6. The number of H-pyrrole nitrogens is 1. The van der Waals surface area contributed by atoms with E-state index in [0.717, 1.165) is 16.1 Å². The van der Waals surface area contributed by atoms with Crippen LogP contribution in [0, 0.1) is 18.6 Å². The van der Waals surface area contributed by atoms with Gasteiger partial charge in [0.15, 0.2) is 0 Å². The van der Waals surface area contributed by atoms with Crippen molar-refractivity contribution in [2.75, 3.05) is 12.0 Å². The number of aromatic amines is 1. The molecule has 4 aromatic rings. The third-order valence-corrected chi connectivity index (χ3v) is 6.87. The first-order chi connectivity index (χ1) is 16.1. The van der Waals surface area contributed by atoms with Gasteiger partial charge < -0.3 is 10.7 Å². The molecule has 2 aromatic carbocycles. The largest absolute Gasteiger partial charge is 0.368 e. The van der Waals surface area contributed by atoms with Crippen LogP contribution in [0.5, 0.6) is 0 Å². The summed E-state index contributed by atoms with van der Waals surface area (Å²) >= 11 is 0. The number of anilines is 1. The smallest absolute Gasteiger partial charge is 0.261 e. The number of rotatable bonds is 4. The second kappa shape index (κ2) is 9.36. The molecule has 0 unspecified atom stereocenters. The van der Waals surface area contributed by atoms with Gasteiger partial charge in [-0.2, -0.15) is 8.42 Å². The molecular formula is C21H23F2N5O5S2. The Hall–Kier alpha value is -3.36. The highest BCUT2D eigenvalue weighted by Gasteiger charge is 2.25. The SMILES string of the molecule is CS(=O)(=O)O.Cc1nc(-c2ccc3nc(N)n(S(=O)(=O)C(C)C)c3c2)c(-c2ccc(F)cc2F)[nH]1. The van der Waals surface area contributed by atoms with Crippen molar-refractivity contribution in [1.29, 1.82) is 0 Å². The van der Waals surface area contributed by atoms with Crippen molar-refractivity contribution >= 4 is 37.1 Å². The van der Waals surface area contributed by atoms with Crippen LogP contribution in [0.25, 0.3) is 33.5 Å². The maximum Gasteiger partial charge on any atom is 0.261 e. The Morgan fingerprint density at radius 3 is 2.26 bits per heavy atom. The molecule has 2 heterocycles. The number of aromatic nitrogens is 4. The molecule has 0 radical (unpaired) electrons. The van der Waals surface area contributed by atoms with Gasteiger partial charge in [0.25, 0.3) is 10.1 Å². The van der Waals surface area contributed by atoms with Crippen LogP contribution in [0.2, 0.25) is 0 Å². The first-order valence-corrected chi connectivity index (χ1v) is 13.4. The lowest BCUT2D eigenvalue weighted by Gasteiger charge is -2.11. The lowest BCUT2D eigenvalue weighted by molar-refractivity contribution is 0.490. The zero-order valence-electron chi connectivity index (χ0n) is 19.1. The molecule has 0 atom stereocenters. The number of benzene rings is 2. The molecule has 0 aliphatic carbocycles. The summed E-state index contributed by atoms with van der Waals surface area (Å²) in [5, 5.41) is -0.711. The van der Waals surface area contributed by atoms with Crippen molar-refractivity contribution in [3.8, 4) is 22.5 Å². The van der Waals surface area contributed by atoms with E-state index in [1.807, 2.05) is 0 Å². The third-order valence-electron chi connectivity index (χ3n) is 4.78. The first-order valence-electron chi connectivity index (χ1n) is 10.1. The van der Waals surface area contributed by atoms with Crippen LogP contribution in [0.3, 0.4) is 0 Å². The molecule has 0 saturated carbocycles. The van der Waals surface area contributed by atoms with Crippen molar-refractivity contribution in [1.82, 2.24) is 18.9 Å². The van der Waals surface area contributed by atoms with Crippen molar-refractivity contribution in [2.24, 2.45) is 0 Å². The molecular weight excluding hydrogens is 504 g/mol. The fraction of sp³-hybridized carbons (Fsp3) is 0.238. The minimum absolute atomic E-state index is 0.140. The molecule has 0 spiro atoms. The second-order valence-corrected chi connectivity index (χ2v) is 11.7. The number of fused-ring (bicyclic) bond motifs is 1. The van der Waals surface area contributed by atoms with Gasteiger partial charge in [0.05, 0.1) is 33.9 Å². The molecule has 0 fully saturated rings. The quantitative estimate of drug-likeness (QED) is 0.341. The van der Waals surface area contributed by atoms with E-state index in [2.05, 4.69) is 15.0 Å². The zero-order valence-corrected chi connectivity index (χ0v) is 20.7. The molecule has 0 aliphatic rings. The number of nitrogens with one attached hydrogen (secondary N) is 1. The summed E-state index contributed by atoms with van der Waals surface area (Å²) < 4.78 is 80.2. The van der Waals surface area contributed by atoms with E-state index in [-0.39, 0.29) is 11.5 Å². The van der Waals surface area contributed by atoms with E-state index in [4.69, 9.17) is 10.3 Å². The highest BCUT2D eigenvalue weighted by Crippen LogP contribution is 2.34. The van der Waals surface area contributed by atoms with Crippen LogP contribution in [0.15, 0.2) is 36.4 Å². The minimum atomic E-state index is -3.76. The predicted octanol–water partition coefficient (Wildman–Crippen LogP) is 3.35. The molecule has 14 heteroatoms. The van der Waals surface area contributed by atoms with Gasteiger partial charge >= 0.3 is 0 Å². The number of nitrogen functional groups attached to an aromatic ring is 1. The van der Waals surface area contributed by atoms with Gasteiger partial charge in [0.2, 0.25) is 16.0 Å². The van der Waals surface area contributed by atoms with E-state index >= 15 is 0 Å². The summed E-state index contributed by atoms with van der Waals surface area (Å²) in [5.41, 5.74) is 8.03. The fourth-order valence-electron chi connectivity index (χ4n) is 3.29. The van der Waals surface area contributed by atoms with Gasteiger partial charge in [-0.05, 0) is 45.0 Å². The van der Waals surface area contributed by atoms with Gasteiger partial charge in [-0.1, -0.05) is 6.07 Å². The summed E-state index contributed by atoms with van der Waals surface area (Å²) in [6, 6.07) is 8.20. The lowest BCUT2D eigenvalue weighted by atomic mass is 10.0. The highest BCUT2D eigenvalue weighted by molar-refractivity contribution is 7.90. The molecule has 0 aliphatic heterocycles. The van der Waals surface area contributed by atoms with Gasteiger partial charge in [-0.3, -0.25) is 4.55 Å². The van der Waals surface area contributed by atoms with Crippen molar-refractivity contribution < 1.29 is 30.2 Å². The van der Waals surface area contributed by atoms with Crippen LogP contribution < -0.4 is 5.73 Å². The molecule has 0 amide bonds. The topological polar surface area (TPSA) is 161 Å². The Morgan fingerprint density at radius 2 is 1.69 bits per heavy atom. The first kappa shape index (κ1) is 26.2. The molecule has 4 rings (SSSR count). The number of hydrogen-bond acceptors (Lipinski definition) is 7. The normalized spacial score (nSPS) is 12.1. The Balaban J connectivity index is 0.000000623. The number of imidazole rings is 2. The monoisotopic (exact) mass is 527 g/mol. The number of halogens is 2. The van der Waals surface area contributed by atoms with Gasteiger partial charge in [-0.25, -0.2) is 31.1 Å². The van der Waals surface area contributed by atoms with Gasteiger partial charge in [0.1, 0.15) is 17.5 Å². The maximum absolute atomic E-state index is 14.4. The van der Waals surface area contributed by atoms with E-state index in [1.165, 1.54) is 6.07 Å². The molecule has 188 valence electrons. The Kier molecular flexibility index (Phi) is 7.02. The van der Waals surface area contributed by atoms with E-state index < -0.39 is 37.0 Å². The Morgan fingerprint density at radius 1 is 1.06 bits per heavy atom. The maximum atomic E-state index is 14.4. The summed E-state index contributed by atoms with van der Waals surface area (Å²) in [7, 11) is -7.43. The van der Waals surface area contributed by atoms with E-state index in [1.54, 1.807) is 39.0 Å². The zero-order chi connectivity index (χ0) is 26.3. The molecule has 0 saturated heterocycles. The van der Waals surface area contributed by atoms with Crippen LogP contribution >= 0.6 is 0 Å². The summed E-state index contributed by atoms with van der Waals surface area (Å²) in [6.07, 6.45) is 0.715. The number of nitrogens with zero attached hydrogens (tertiary/aromatic N) is 3. The minimum Gasteiger partial charge on any atom is -0.368 e. The van der Waals surface area contributed by atoms with Gasteiger partial charge in [0, 0.05) is 17.2 Å². The van der Waals surface area contributed by atoms with Crippen LogP contribution in [-0.2, 0) is 20.1 Å². The molecule has 2 aromatic heterocycles. The summed E-state index contributed by atoms with van der Waals surface area (Å²) in [6.45, 7) is 4.81. The molecule has 10 nitrogen and oxygen atoms in total. The lowest BCUT2D eigenvalue weighted by Crippen LogP contribution is -2.23. The second-order valence-electron chi connectivity index (χ2n) is 7.93. The average Bonchev–Trinajstić information content (AvgIpc) is 3.25. The molecule has 35 heavy (non-hydrogen) atoms. The third kappa shape index (κ3) is 5.66. The van der Waals surface area contributed by atoms with E-state index in [9.17, 15) is 25.6 Å². The molecule has 4 N–H and O–H groups in total. The average molecular weight is 528 g/mol. The predicted molar refractivity (Wildman–Crippen MR) is 129 cm³/mol. The van der Waals surface area contributed by atoms with Crippen LogP contribution in [0.1, 0.15) is 19.7 Å². The Labute approximate surface area is 200 Å². The molecule has 0 bridgehead atoms. The van der Waals surface area contributed by atoms with E-state index in [0.29, 0.717) is 40.1 Å². The summed E-state index contributed by atoms with van der Waals surface area (Å²) in [5.74, 6) is -1.04. The van der Waals surface area contributed by atoms with Gasteiger partial charge in [-0.15, -0.1) is 0 Å². The standard InChI is InChI=1S/C20H19F2N5O2S.CH4O3S/c1-10(2)30(28,29)27-17-8-12(4-7-16(17)26-20(27)23)18-19(25-11(3)24-18)14-6-5-13(21)9-15(14)22;1-5(2,3)4/h4-10H,1-3H3,(H2,23,26)(H,24,25);1H3,(H,2,3,4). The van der Waals surface area contributed by atoms with Crippen LogP contribution in [-0.4, -0.2) is 51.8 Å². The van der Waals surface area contributed by atoms with Crippen LogP contribution in [0.4, 0.5) is 14.7 Å². The van der Waals surface area contributed by atoms with Crippen molar-refractivity contribution in [2.45, 2.75) is 26.0 Å². The number of nitrogens with two attached hydrogens (primary N) is 1. The fourth-order valence-corrected chi connectivity index (χ4v) is 4.43. The number of aryl methyl sites for hydroxylation is 1. The van der Waals surface area contributed by atoms with Crippen molar-refractivity contribution in [3.63, 3.8) is 0 Å². The Bertz CT molecular complexity index is 1620. The number of hydrogen-bond donors (Lipinski definition) is 3.